The van der Waals surface area contributed by atoms with E-state index in [1.165, 1.54) is 11.2 Å². The number of aliphatic hydroxyl groups is 1. The molecule has 152 valence electrons. The van der Waals surface area contributed by atoms with Crippen LogP contribution in [-0.2, 0) is 0 Å². The summed E-state index contributed by atoms with van der Waals surface area (Å²) in [5.74, 6) is 1.22. The second kappa shape index (κ2) is 8.74. The SMILES string of the molecule is C[C@@H]1CN(c2cc(NCC(O)c3ccccc3)ncn2)CCN1CC(F)(F)F. The van der Waals surface area contributed by atoms with Gasteiger partial charge in [-0.2, -0.15) is 13.2 Å². The average Bonchev–Trinajstić information content (AvgIpc) is 2.67. The normalized spacial score (nSPS) is 19.5. The molecule has 0 saturated carbocycles. The van der Waals surface area contributed by atoms with Crippen molar-refractivity contribution in [3.8, 4) is 0 Å². The van der Waals surface area contributed by atoms with Crippen LogP contribution in [-0.4, -0.2) is 64.9 Å². The van der Waals surface area contributed by atoms with Gasteiger partial charge in [-0.3, -0.25) is 4.90 Å². The number of piperazine rings is 1. The molecule has 2 heterocycles. The summed E-state index contributed by atoms with van der Waals surface area (Å²) in [7, 11) is 0. The number of anilines is 2. The van der Waals surface area contributed by atoms with E-state index in [0.717, 1.165) is 5.56 Å². The van der Waals surface area contributed by atoms with Crippen LogP contribution < -0.4 is 10.2 Å². The highest BCUT2D eigenvalue weighted by molar-refractivity contribution is 5.49. The van der Waals surface area contributed by atoms with Crippen LogP contribution in [0.15, 0.2) is 42.7 Å². The first-order chi connectivity index (χ1) is 13.3. The van der Waals surface area contributed by atoms with Gasteiger partial charge in [0.25, 0.3) is 0 Å². The maximum atomic E-state index is 12.7. The van der Waals surface area contributed by atoms with Crippen molar-refractivity contribution in [2.45, 2.75) is 25.2 Å². The molecule has 1 aromatic carbocycles. The fourth-order valence-electron chi connectivity index (χ4n) is 3.28. The molecule has 0 bridgehead atoms. The van der Waals surface area contributed by atoms with Crippen molar-refractivity contribution >= 4 is 11.6 Å². The number of aromatic nitrogens is 2. The Kier molecular flexibility index (Phi) is 6.35. The summed E-state index contributed by atoms with van der Waals surface area (Å²) in [6.07, 6.45) is -3.45. The second-order valence-electron chi connectivity index (χ2n) is 6.95. The van der Waals surface area contributed by atoms with E-state index in [-0.39, 0.29) is 12.6 Å². The summed E-state index contributed by atoms with van der Waals surface area (Å²) < 4.78 is 38.0. The molecule has 2 N–H and O–H groups in total. The summed E-state index contributed by atoms with van der Waals surface area (Å²) in [5, 5.41) is 13.3. The van der Waals surface area contributed by atoms with Crippen molar-refractivity contribution < 1.29 is 18.3 Å². The fraction of sp³-hybridized carbons (Fsp3) is 0.474. The van der Waals surface area contributed by atoms with Gasteiger partial charge in [0, 0.05) is 38.3 Å². The minimum Gasteiger partial charge on any atom is -0.387 e. The quantitative estimate of drug-likeness (QED) is 0.784. The Balaban J connectivity index is 1.58. The molecule has 2 atom stereocenters. The molecule has 1 fully saturated rings. The molecule has 6 nitrogen and oxygen atoms in total. The number of alkyl halides is 3. The van der Waals surface area contributed by atoms with Gasteiger partial charge in [0.1, 0.15) is 18.0 Å². The first-order valence-corrected chi connectivity index (χ1v) is 9.16. The van der Waals surface area contributed by atoms with E-state index in [1.807, 2.05) is 35.2 Å². The Morgan fingerprint density at radius 3 is 2.64 bits per heavy atom. The van der Waals surface area contributed by atoms with Crippen molar-refractivity contribution in [1.82, 2.24) is 14.9 Å². The van der Waals surface area contributed by atoms with Crippen LogP contribution in [0.1, 0.15) is 18.6 Å². The van der Waals surface area contributed by atoms with Gasteiger partial charge in [-0.1, -0.05) is 30.3 Å². The van der Waals surface area contributed by atoms with Crippen LogP contribution in [0.25, 0.3) is 0 Å². The van der Waals surface area contributed by atoms with E-state index in [0.29, 0.717) is 31.3 Å². The second-order valence-corrected chi connectivity index (χ2v) is 6.95. The molecule has 1 aliphatic rings. The largest absolute Gasteiger partial charge is 0.401 e. The Hall–Kier alpha value is -2.39. The fourth-order valence-corrected chi connectivity index (χ4v) is 3.28. The van der Waals surface area contributed by atoms with Gasteiger partial charge in [-0.05, 0) is 12.5 Å². The predicted molar refractivity (Wildman–Crippen MR) is 101 cm³/mol. The molecule has 1 aliphatic heterocycles. The molecule has 2 aromatic rings. The lowest BCUT2D eigenvalue weighted by Crippen LogP contribution is -2.54. The van der Waals surface area contributed by atoms with Crippen LogP contribution in [0.2, 0.25) is 0 Å². The summed E-state index contributed by atoms with van der Waals surface area (Å²) in [6.45, 7) is 2.42. The third-order valence-electron chi connectivity index (χ3n) is 4.78. The Labute approximate surface area is 162 Å². The van der Waals surface area contributed by atoms with E-state index in [4.69, 9.17) is 0 Å². The van der Waals surface area contributed by atoms with Crippen LogP contribution in [0, 0.1) is 0 Å². The Morgan fingerprint density at radius 2 is 1.96 bits per heavy atom. The molecule has 0 amide bonds. The van der Waals surface area contributed by atoms with Gasteiger partial charge in [0.2, 0.25) is 0 Å². The van der Waals surface area contributed by atoms with Crippen molar-refractivity contribution in [3.05, 3.63) is 48.3 Å². The molecule has 9 heteroatoms. The van der Waals surface area contributed by atoms with E-state index < -0.39 is 18.8 Å². The van der Waals surface area contributed by atoms with E-state index >= 15 is 0 Å². The van der Waals surface area contributed by atoms with Gasteiger partial charge < -0.3 is 15.3 Å². The molecule has 28 heavy (non-hydrogen) atoms. The van der Waals surface area contributed by atoms with E-state index in [2.05, 4.69) is 15.3 Å². The molecule has 1 saturated heterocycles. The Morgan fingerprint density at radius 1 is 1.21 bits per heavy atom. The molecule has 0 radical (unpaired) electrons. The number of rotatable bonds is 6. The Bertz CT molecular complexity index is 759. The molecule has 0 spiro atoms. The molecular weight excluding hydrogens is 371 g/mol. The number of hydrogen-bond acceptors (Lipinski definition) is 6. The van der Waals surface area contributed by atoms with Crippen molar-refractivity contribution in [1.29, 1.82) is 0 Å². The first-order valence-electron chi connectivity index (χ1n) is 9.16. The number of benzene rings is 1. The maximum absolute atomic E-state index is 12.7. The monoisotopic (exact) mass is 395 g/mol. The van der Waals surface area contributed by atoms with Crippen molar-refractivity contribution in [2.75, 3.05) is 42.9 Å². The van der Waals surface area contributed by atoms with Gasteiger partial charge in [-0.25, -0.2) is 9.97 Å². The lowest BCUT2D eigenvalue weighted by molar-refractivity contribution is -0.150. The number of halogens is 3. The van der Waals surface area contributed by atoms with Crippen LogP contribution in [0.5, 0.6) is 0 Å². The summed E-state index contributed by atoms with van der Waals surface area (Å²) in [4.78, 5) is 11.8. The minimum atomic E-state index is -4.19. The number of nitrogens with zero attached hydrogens (tertiary/aromatic N) is 4. The van der Waals surface area contributed by atoms with Gasteiger partial charge in [0.15, 0.2) is 0 Å². The van der Waals surface area contributed by atoms with Gasteiger partial charge in [0.05, 0.1) is 12.6 Å². The van der Waals surface area contributed by atoms with Gasteiger partial charge >= 0.3 is 6.18 Å². The van der Waals surface area contributed by atoms with E-state index in [9.17, 15) is 18.3 Å². The average molecular weight is 395 g/mol. The topological polar surface area (TPSA) is 64.5 Å². The molecular formula is C19H24F3N5O. The molecule has 0 aliphatic carbocycles. The summed E-state index contributed by atoms with van der Waals surface area (Å²) in [6, 6.07) is 10.8. The summed E-state index contributed by atoms with van der Waals surface area (Å²) >= 11 is 0. The van der Waals surface area contributed by atoms with E-state index in [1.54, 1.807) is 13.0 Å². The van der Waals surface area contributed by atoms with Crippen LogP contribution >= 0.6 is 0 Å². The smallest absolute Gasteiger partial charge is 0.387 e. The standard InChI is InChI=1S/C19H24F3N5O/c1-14-11-26(7-8-27(14)12-19(20,21)22)18-9-17(24-13-25-18)23-10-16(28)15-5-3-2-4-6-15/h2-6,9,13-14,16,28H,7-8,10-12H2,1H3,(H,23,24,25)/t14-,16?/m1/s1. The number of nitrogens with one attached hydrogen (secondary N) is 1. The van der Waals surface area contributed by atoms with Crippen molar-refractivity contribution in [2.24, 2.45) is 0 Å². The third-order valence-corrected chi connectivity index (χ3v) is 4.78. The lowest BCUT2D eigenvalue weighted by atomic mass is 10.1. The van der Waals surface area contributed by atoms with Gasteiger partial charge in [-0.15, -0.1) is 0 Å². The zero-order valence-electron chi connectivity index (χ0n) is 15.6. The van der Waals surface area contributed by atoms with Crippen molar-refractivity contribution in [3.63, 3.8) is 0 Å². The predicted octanol–water partition coefficient (Wildman–Crippen LogP) is 2.69. The van der Waals surface area contributed by atoms with Crippen LogP contribution in [0.4, 0.5) is 24.8 Å². The molecule has 1 aromatic heterocycles. The highest BCUT2D eigenvalue weighted by Crippen LogP contribution is 2.23. The first kappa shape index (κ1) is 20.3. The summed E-state index contributed by atoms with van der Waals surface area (Å²) in [5.41, 5.74) is 0.805. The van der Waals surface area contributed by atoms with Crippen LogP contribution in [0.3, 0.4) is 0 Å². The lowest BCUT2D eigenvalue weighted by Gasteiger charge is -2.40. The number of hydrogen-bond donors (Lipinski definition) is 2. The minimum absolute atomic E-state index is 0.235. The highest BCUT2D eigenvalue weighted by Gasteiger charge is 2.35. The highest BCUT2D eigenvalue weighted by atomic mass is 19.4. The molecule has 3 rings (SSSR count). The number of aliphatic hydroxyl groups excluding tert-OH is 1. The molecule has 1 unspecified atom stereocenters. The zero-order valence-corrected chi connectivity index (χ0v) is 15.6. The third kappa shape index (κ3) is 5.56. The maximum Gasteiger partial charge on any atom is 0.401 e. The zero-order chi connectivity index (χ0) is 20.1.